The van der Waals surface area contributed by atoms with E-state index in [-0.39, 0.29) is 6.10 Å². The Morgan fingerprint density at radius 3 is 3.00 bits per heavy atom. The first-order chi connectivity index (χ1) is 5.84. The fraction of sp³-hybridized carbons (Fsp3) is 0.444. The van der Waals surface area contributed by atoms with Crippen molar-refractivity contribution in [3.8, 4) is 5.75 Å². The van der Waals surface area contributed by atoms with Gasteiger partial charge < -0.3 is 9.47 Å². The summed E-state index contributed by atoms with van der Waals surface area (Å²) in [6.45, 7) is 3.37. The fourth-order valence-electron chi connectivity index (χ4n) is 1.07. The van der Waals surface area contributed by atoms with Crippen LogP contribution in [-0.2, 0) is 4.74 Å². The van der Waals surface area contributed by atoms with Gasteiger partial charge in [0.05, 0.1) is 13.2 Å². The van der Waals surface area contributed by atoms with E-state index < -0.39 is 0 Å². The minimum atomic E-state index is 0.242. The molecule has 64 valence electrons. The monoisotopic (exact) mass is 165 g/mol. The SMILES string of the molecule is Cc1cc(OC2COC2)ccn1. The molecule has 0 unspecified atom stereocenters. The lowest BCUT2D eigenvalue weighted by molar-refractivity contribution is -0.0797. The van der Waals surface area contributed by atoms with Gasteiger partial charge in [0.1, 0.15) is 11.9 Å². The van der Waals surface area contributed by atoms with Gasteiger partial charge in [0.2, 0.25) is 0 Å². The van der Waals surface area contributed by atoms with E-state index in [2.05, 4.69) is 4.98 Å². The summed E-state index contributed by atoms with van der Waals surface area (Å²) in [5, 5.41) is 0. The molecular weight excluding hydrogens is 154 g/mol. The molecule has 1 saturated heterocycles. The Hall–Kier alpha value is -1.09. The van der Waals surface area contributed by atoms with Gasteiger partial charge in [-0.15, -0.1) is 0 Å². The third-order valence-electron chi connectivity index (χ3n) is 1.78. The standard InChI is InChI=1S/C9H11NO2/c1-7-4-8(2-3-10-7)12-9-5-11-6-9/h2-4,9H,5-6H2,1H3. The van der Waals surface area contributed by atoms with E-state index in [1.54, 1.807) is 6.20 Å². The molecule has 3 nitrogen and oxygen atoms in total. The molecule has 1 aromatic rings. The van der Waals surface area contributed by atoms with Gasteiger partial charge in [-0.2, -0.15) is 0 Å². The minimum absolute atomic E-state index is 0.242. The quantitative estimate of drug-likeness (QED) is 0.659. The number of hydrogen-bond acceptors (Lipinski definition) is 3. The molecule has 2 rings (SSSR count). The number of hydrogen-bond donors (Lipinski definition) is 0. The van der Waals surface area contributed by atoms with Crippen molar-refractivity contribution in [1.29, 1.82) is 0 Å². The average molecular weight is 165 g/mol. The maximum absolute atomic E-state index is 5.57. The van der Waals surface area contributed by atoms with Crippen LogP contribution in [0.5, 0.6) is 5.75 Å². The lowest BCUT2D eigenvalue weighted by atomic mass is 10.3. The summed E-state index contributed by atoms with van der Waals surface area (Å²) in [6, 6.07) is 3.80. The molecule has 1 aliphatic rings. The van der Waals surface area contributed by atoms with Crippen molar-refractivity contribution in [3.05, 3.63) is 24.0 Å². The second-order valence-electron chi connectivity index (χ2n) is 2.91. The van der Waals surface area contributed by atoms with E-state index in [9.17, 15) is 0 Å². The van der Waals surface area contributed by atoms with Crippen LogP contribution in [-0.4, -0.2) is 24.3 Å². The number of rotatable bonds is 2. The van der Waals surface area contributed by atoms with Crippen LogP contribution in [0.25, 0.3) is 0 Å². The maximum atomic E-state index is 5.57. The van der Waals surface area contributed by atoms with Crippen LogP contribution < -0.4 is 4.74 Å². The van der Waals surface area contributed by atoms with E-state index in [1.807, 2.05) is 19.1 Å². The molecule has 0 saturated carbocycles. The molecule has 3 heteroatoms. The topological polar surface area (TPSA) is 31.4 Å². The normalized spacial score (nSPS) is 17.1. The van der Waals surface area contributed by atoms with Crippen LogP contribution >= 0.6 is 0 Å². The lowest BCUT2D eigenvalue weighted by Gasteiger charge is -2.26. The molecule has 0 atom stereocenters. The highest BCUT2D eigenvalue weighted by Gasteiger charge is 2.19. The Kier molecular flexibility index (Phi) is 1.96. The number of ether oxygens (including phenoxy) is 2. The largest absolute Gasteiger partial charge is 0.485 e. The molecule has 2 heterocycles. The predicted molar refractivity (Wildman–Crippen MR) is 44.2 cm³/mol. The molecule has 1 aliphatic heterocycles. The molecule has 1 aromatic heterocycles. The first kappa shape index (κ1) is 7.55. The van der Waals surface area contributed by atoms with Crippen LogP contribution in [0.2, 0.25) is 0 Å². The number of nitrogens with zero attached hydrogens (tertiary/aromatic N) is 1. The molecule has 0 spiro atoms. The van der Waals surface area contributed by atoms with Crippen molar-refractivity contribution in [3.63, 3.8) is 0 Å². The Labute approximate surface area is 71.3 Å². The van der Waals surface area contributed by atoms with E-state index >= 15 is 0 Å². The lowest BCUT2D eigenvalue weighted by Crippen LogP contribution is -2.38. The van der Waals surface area contributed by atoms with E-state index in [0.717, 1.165) is 11.4 Å². The summed E-state index contributed by atoms with van der Waals surface area (Å²) in [5.74, 6) is 0.885. The highest BCUT2D eigenvalue weighted by Crippen LogP contribution is 2.15. The Balaban J connectivity index is 2.02. The molecule has 0 N–H and O–H groups in total. The summed E-state index contributed by atoms with van der Waals surface area (Å²) in [5.41, 5.74) is 0.979. The van der Waals surface area contributed by atoms with Crippen LogP contribution in [0, 0.1) is 6.92 Å². The molecule has 0 aliphatic carbocycles. The minimum Gasteiger partial charge on any atom is -0.485 e. The van der Waals surface area contributed by atoms with Crippen LogP contribution in [0.3, 0.4) is 0 Å². The van der Waals surface area contributed by atoms with Crippen LogP contribution in [0.1, 0.15) is 5.69 Å². The highest BCUT2D eigenvalue weighted by atomic mass is 16.6. The smallest absolute Gasteiger partial charge is 0.145 e. The van der Waals surface area contributed by atoms with E-state index in [0.29, 0.717) is 13.2 Å². The second-order valence-corrected chi connectivity index (χ2v) is 2.91. The summed E-state index contributed by atoms with van der Waals surface area (Å²) in [7, 11) is 0. The van der Waals surface area contributed by atoms with Crippen molar-refractivity contribution in [2.24, 2.45) is 0 Å². The highest BCUT2D eigenvalue weighted by molar-refractivity contribution is 5.22. The van der Waals surface area contributed by atoms with Gasteiger partial charge in [0.25, 0.3) is 0 Å². The summed E-state index contributed by atoms with van der Waals surface area (Å²) in [4.78, 5) is 4.08. The molecule has 0 amide bonds. The zero-order valence-electron chi connectivity index (χ0n) is 6.99. The third-order valence-corrected chi connectivity index (χ3v) is 1.78. The number of pyridine rings is 1. The Morgan fingerprint density at radius 1 is 1.58 bits per heavy atom. The molecule has 0 aromatic carbocycles. The Bertz CT molecular complexity index is 271. The molecule has 12 heavy (non-hydrogen) atoms. The average Bonchev–Trinajstić information content (AvgIpc) is 1.97. The summed E-state index contributed by atoms with van der Waals surface area (Å²) in [6.07, 6.45) is 2.00. The zero-order valence-corrected chi connectivity index (χ0v) is 6.99. The molecular formula is C9H11NO2. The van der Waals surface area contributed by atoms with Gasteiger partial charge in [-0.3, -0.25) is 4.98 Å². The molecule has 0 bridgehead atoms. The summed E-state index contributed by atoms with van der Waals surface area (Å²) < 4.78 is 10.6. The first-order valence-electron chi connectivity index (χ1n) is 4.01. The van der Waals surface area contributed by atoms with Crippen molar-refractivity contribution >= 4 is 0 Å². The second kappa shape index (κ2) is 3.11. The van der Waals surface area contributed by atoms with Crippen LogP contribution in [0.15, 0.2) is 18.3 Å². The van der Waals surface area contributed by atoms with Gasteiger partial charge in [-0.05, 0) is 13.0 Å². The first-order valence-corrected chi connectivity index (χ1v) is 4.01. The molecule has 1 fully saturated rings. The van der Waals surface area contributed by atoms with Crippen molar-refractivity contribution in [1.82, 2.24) is 4.98 Å². The zero-order chi connectivity index (χ0) is 8.39. The summed E-state index contributed by atoms with van der Waals surface area (Å²) >= 11 is 0. The van der Waals surface area contributed by atoms with E-state index in [1.165, 1.54) is 0 Å². The van der Waals surface area contributed by atoms with Crippen molar-refractivity contribution < 1.29 is 9.47 Å². The number of aromatic nitrogens is 1. The van der Waals surface area contributed by atoms with Gasteiger partial charge in [-0.1, -0.05) is 0 Å². The Morgan fingerprint density at radius 2 is 2.42 bits per heavy atom. The number of aryl methyl sites for hydroxylation is 1. The van der Waals surface area contributed by atoms with Gasteiger partial charge in [0, 0.05) is 18.0 Å². The maximum Gasteiger partial charge on any atom is 0.145 e. The molecule has 0 radical (unpaired) electrons. The van der Waals surface area contributed by atoms with Crippen molar-refractivity contribution in [2.75, 3.05) is 13.2 Å². The van der Waals surface area contributed by atoms with Gasteiger partial charge >= 0.3 is 0 Å². The van der Waals surface area contributed by atoms with Gasteiger partial charge in [0.15, 0.2) is 0 Å². The third kappa shape index (κ3) is 1.56. The van der Waals surface area contributed by atoms with Gasteiger partial charge in [-0.25, -0.2) is 0 Å². The fourth-order valence-corrected chi connectivity index (χ4v) is 1.07. The van der Waals surface area contributed by atoms with Crippen molar-refractivity contribution in [2.45, 2.75) is 13.0 Å². The van der Waals surface area contributed by atoms with Crippen LogP contribution in [0.4, 0.5) is 0 Å². The van der Waals surface area contributed by atoms with E-state index in [4.69, 9.17) is 9.47 Å². The predicted octanol–water partition coefficient (Wildman–Crippen LogP) is 1.17.